The first kappa shape index (κ1) is 23.7. The molecule has 0 aromatic heterocycles. The number of ether oxygens (including phenoxy) is 1. The number of amides is 1. The van der Waals surface area contributed by atoms with E-state index in [4.69, 9.17) is 9.73 Å². The lowest BCUT2D eigenvalue weighted by atomic mass is 10.1. The van der Waals surface area contributed by atoms with Gasteiger partial charge in [-0.05, 0) is 47.8 Å². The summed E-state index contributed by atoms with van der Waals surface area (Å²) in [5, 5.41) is 3.83. The molecule has 7 heteroatoms. The maximum Gasteiger partial charge on any atom is 0.269 e. The second-order valence-corrected chi connectivity index (χ2v) is 10.7. The Morgan fingerprint density at radius 2 is 1.65 bits per heavy atom. The highest BCUT2D eigenvalue weighted by atomic mass is 32.2. The van der Waals surface area contributed by atoms with Crippen molar-refractivity contribution >= 4 is 56.7 Å². The van der Waals surface area contributed by atoms with Crippen molar-refractivity contribution in [2.45, 2.75) is 18.4 Å². The molecule has 0 N–H and O–H groups in total. The summed E-state index contributed by atoms with van der Waals surface area (Å²) in [6.07, 6.45) is 0. The highest BCUT2D eigenvalue weighted by Gasteiger charge is 2.40. The van der Waals surface area contributed by atoms with Crippen LogP contribution in [-0.4, -0.2) is 29.6 Å². The first-order valence-corrected chi connectivity index (χ1v) is 13.8. The number of amidine groups is 1. The maximum atomic E-state index is 14.0. The Hall–Kier alpha value is -3.68. The van der Waals surface area contributed by atoms with E-state index in [2.05, 4.69) is 36.1 Å². The fourth-order valence-corrected chi connectivity index (χ4v) is 6.97. The van der Waals surface area contributed by atoms with Crippen LogP contribution >= 0.6 is 23.5 Å². The average Bonchev–Trinajstić information content (AvgIpc) is 3.45. The molecule has 0 unspecified atom stereocenters. The van der Waals surface area contributed by atoms with E-state index in [1.165, 1.54) is 11.8 Å². The van der Waals surface area contributed by atoms with Crippen LogP contribution in [0.4, 0.5) is 11.4 Å². The number of carbonyl (C=O) groups is 1. The molecule has 1 fully saturated rings. The zero-order chi connectivity index (χ0) is 25.4. The molecule has 184 valence electrons. The lowest BCUT2D eigenvalue weighted by Gasteiger charge is -2.19. The van der Waals surface area contributed by atoms with E-state index in [-0.39, 0.29) is 5.91 Å². The third kappa shape index (κ3) is 4.38. The minimum absolute atomic E-state index is 0.0199. The molecular formula is C30H25N3O2S2. The number of anilines is 1. The summed E-state index contributed by atoms with van der Waals surface area (Å²) in [6.45, 7) is 3.31. The van der Waals surface area contributed by atoms with Crippen molar-refractivity contribution in [1.82, 2.24) is 4.90 Å². The summed E-state index contributed by atoms with van der Waals surface area (Å²) in [5.74, 6) is 0.784. The summed E-state index contributed by atoms with van der Waals surface area (Å²) < 4.78 is 5.46. The van der Waals surface area contributed by atoms with Crippen LogP contribution in [0.1, 0.15) is 12.5 Å². The van der Waals surface area contributed by atoms with Crippen LogP contribution in [0.5, 0.6) is 5.75 Å². The SMILES string of the molecule is CCN1C(=C2SC(=Nc3cccc4ccccc34)N(Cc3ccccc3)C2=O)Sc2ccc(OC)cc21. The van der Waals surface area contributed by atoms with E-state index >= 15 is 0 Å². The molecule has 0 atom stereocenters. The molecule has 0 bridgehead atoms. The van der Waals surface area contributed by atoms with Gasteiger partial charge in [-0.15, -0.1) is 0 Å². The van der Waals surface area contributed by atoms with Gasteiger partial charge in [-0.2, -0.15) is 0 Å². The Kier molecular flexibility index (Phi) is 6.40. The minimum atomic E-state index is -0.0199. The zero-order valence-corrected chi connectivity index (χ0v) is 22.2. The summed E-state index contributed by atoms with van der Waals surface area (Å²) in [7, 11) is 1.67. The molecule has 2 aliphatic rings. The van der Waals surface area contributed by atoms with Crippen LogP contribution in [0.3, 0.4) is 0 Å². The smallest absolute Gasteiger partial charge is 0.269 e. The van der Waals surface area contributed by atoms with Crippen molar-refractivity contribution in [2.24, 2.45) is 4.99 Å². The van der Waals surface area contributed by atoms with Gasteiger partial charge in [-0.3, -0.25) is 9.69 Å². The van der Waals surface area contributed by atoms with Gasteiger partial charge in [0, 0.05) is 22.9 Å². The lowest BCUT2D eigenvalue weighted by Crippen LogP contribution is -2.29. The third-order valence-electron chi connectivity index (χ3n) is 6.45. The van der Waals surface area contributed by atoms with Crippen LogP contribution in [-0.2, 0) is 11.3 Å². The number of methoxy groups -OCH3 is 1. The molecule has 4 aromatic carbocycles. The van der Waals surface area contributed by atoms with Crippen molar-refractivity contribution in [2.75, 3.05) is 18.6 Å². The Morgan fingerprint density at radius 1 is 0.865 bits per heavy atom. The summed E-state index contributed by atoms with van der Waals surface area (Å²) in [4.78, 5) is 24.9. The van der Waals surface area contributed by atoms with Gasteiger partial charge in [0.2, 0.25) is 0 Å². The van der Waals surface area contributed by atoms with Crippen molar-refractivity contribution in [1.29, 1.82) is 0 Å². The Bertz CT molecular complexity index is 1560. The molecule has 1 saturated heterocycles. The van der Waals surface area contributed by atoms with Crippen LogP contribution in [0, 0.1) is 0 Å². The number of nitrogens with zero attached hydrogens (tertiary/aromatic N) is 3. The topological polar surface area (TPSA) is 45.1 Å². The first-order valence-electron chi connectivity index (χ1n) is 12.1. The summed E-state index contributed by atoms with van der Waals surface area (Å²) >= 11 is 3.09. The summed E-state index contributed by atoms with van der Waals surface area (Å²) in [6, 6.07) is 30.5. The van der Waals surface area contributed by atoms with Crippen LogP contribution < -0.4 is 9.64 Å². The van der Waals surface area contributed by atoms with Gasteiger partial charge in [0.1, 0.15) is 15.7 Å². The van der Waals surface area contributed by atoms with E-state index in [1.807, 2.05) is 71.6 Å². The van der Waals surface area contributed by atoms with Gasteiger partial charge < -0.3 is 9.64 Å². The van der Waals surface area contributed by atoms with Crippen LogP contribution in [0.15, 0.2) is 111 Å². The monoisotopic (exact) mass is 523 g/mol. The zero-order valence-electron chi connectivity index (χ0n) is 20.5. The van der Waals surface area contributed by atoms with E-state index in [1.54, 1.807) is 18.9 Å². The van der Waals surface area contributed by atoms with Gasteiger partial charge in [0.05, 0.1) is 25.0 Å². The molecule has 4 aromatic rings. The fourth-order valence-electron chi connectivity index (χ4n) is 4.60. The van der Waals surface area contributed by atoms with Gasteiger partial charge in [-0.25, -0.2) is 4.99 Å². The average molecular weight is 524 g/mol. The number of rotatable bonds is 5. The number of fused-ring (bicyclic) bond motifs is 2. The van der Waals surface area contributed by atoms with Crippen molar-refractivity contribution in [3.63, 3.8) is 0 Å². The molecule has 0 spiro atoms. The van der Waals surface area contributed by atoms with E-state index in [0.29, 0.717) is 16.6 Å². The number of hydrogen-bond donors (Lipinski definition) is 0. The van der Waals surface area contributed by atoms with Crippen molar-refractivity contribution in [3.8, 4) is 5.75 Å². The van der Waals surface area contributed by atoms with Gasteiger partial charge >= 0.3 is 0 Å². The molecule has 37 heavy (non-hydrogen) atoms. The number of thioether (sulfide) groups is 2. The molecular weight excluding hydrogens is 498 g/mol. The van der Waals surface area contributed by atoms with Crippen LogP contribution in [0.25, 0.3) is 10.8 Å². The Balaban J connectivity index is 1.46. The van der Waals surface area contributed by atoms with Gasteiger partial charge in [0.15, 0.2) is 5.17 Å². The molecule has 6 rings (SSSR count). The predicted octanol–water partition coefficient (Wildman–Crippen LogP) is 7.41. The molecule has 1 amide bonds. The highest BCUT2D eigenvalue weighted by Crippen LogP contribution is 2.51. The third-order valence-corrected chi connectivity index (χ3v) is 8.83. The number of benzene rings is 4. The fraction of sp³-hybridized carbons (Fsp3) is 0.133. The maximum absolute atomic E-state index is 14.0. The molecule has 0 saturated carbocycles. The Labute approximate surface area is 224 Å². The highest BCUT2D eigenvalue weighted by molar-refractivity contribution is 8.19. The Morgan fingerprint density at radius 3 is 2.46 bits per heavy atom. The quantitative estimate of drug-likeness (QED) is 0.255. The minimum Gasteiger partial charge on any atom is -0.497 e. The lowest BCUT2D eigenvalue weighted by molar-refractivity contribution is -0.122. The van der Waals surface area contributed by atoms with E-state index in [9.17, 15) is 4.79 Å². The standard InChI is InChI=1S/C30H25N3O2S2/c1-3-32-25-18-22(35-2)16-17-26(25)36-29(32)27-28(34)33(19-20-10-5-4-6-11-20)30(37-27)31-24-15-9-13-21-12-7-8-14-23(21)24/h4-18H,3,19H2,1-2H3. The van der Waals surface area contributed by atoms with E-state index in [0.717, 1.165) is 49.9 Å². The van der Waals surface area contributed by atoms with Crippen LogP contribution in [0.2, 0.25) is 0 Å². The predicted molar refractivity (Wildman–Crippen MR) is 155 cm³/mol. The van der Waals surface area contributed by atoms with Gasteiger partial charge in [-0.1, -0.05) is 78.5 Å². The van der Waals surface area contributed by atoms with Crippen molar-refractivity contribution in [3.05, 3.63) is 106 Å². The van der Waals surface area contributed by atoms with Gasteiger partial charge in [0.25, 0.3) is 5.91 Å². The summed E-state index contributed by atoms with van der Waals surface area (Å²) in [5.41, 5.74) is 2.99. The molecule has 2 aliphatic heterocycles. The molecule has 0 radical (unpaired) electrons. The number of aliphatic imine (C=N–C) groups is 1. The number of carbonyl (C=O) groups excluding carboxylic acids is 1. The second-order valence-electron chi connectivity index (χ2n) is 8.69. The van der Waals surface area contributed by atoms with E-state index < -0.39 is 0 Å². The second kappa shape index (κ2) is 10.00. The van der Waals surface area contributed by atoms with Crippen molar-refractivity contribution < 1.29 is 9.53 Å². The molecule has 5 nitrogen and oxygen atoms in total. The molecule has 2 heterocycles. The molecule has 0 aliphatic carbocycles. The normalized spacial score (nSPS) is 18.2. The number of hydrogen-bond acceptors (Lipinski definition) is 6. The largest absolute Gasteiger partial charge is 0.497 e. The first-order chi connectivity index (χ1) is 18.2.